The lowest BCUT2D eigenvalue weighted by Crippen LogP contribution is -2.31. The van der Waals surface area contributed by atoms with Gasteiger partial charge < -0.3 is 15.3 Å². The van der Waals surface area contributed by atoms with Gasteiger partial charge in [-0.15, -0.1) is 13.2 Å². The molecule has 0 aromatic carbocycles. The van der Waals surface area contributed by atoms with E-state index in [1.165, 1.54) is 6.20 Å². The Kier molecular flexibility index (Phi) is 7.37. The Labute approximate surface area is 106 Å². The fraction of sp³-hybridized carbons (Fsp3) is 0.250. The molecule has 0 heterocycles. The molecular weight excluding hydrogens is 234 g/mol. The summed E-state index contributed by atoms with van der Waals surface area (Å²) in [6, 6.07) is 1.72. The van der Waals surface area contributed by atoms with Gasteiger partial charge in [-0.3, -0.25) is 9.59 Å². The van der Waals surface area contributed by atoms with E-state index in [2.05, 4.69) is 18.5 Å². The van der Waals surface area contributed by atoms with Crippen molar-refractivity contribution in [3.05, 3.63) is 37.1 Å². The second-order valence-electron chi connectivity index (χ2n) is 3.26. The van der Waals surface area contributed by atoms with Gasteiger partial charge in [-0.25, -0.2) is 0 Å². The lowest BCUT2D eigenvalue weighted by molar-refractivity contribution is -0.137. The number of hydrogen-bond acceptors (Lipinski definition) is 4. The highest BCUT2D eigenvalue weighted by Crippen LogP contribution is 1.99. The van der Waals surface area contributed by atoms with Crippen LogP contribution in [0, 0.1) is 11.3 Å². The van der Waals surface area contributed by atoms with Crippen LogP contribution in [0.1, 0.15) is 0 Å². The Morgan fingerprint density at radius 1 is 1.33 bits per heavy atom. The molecule has 0 saturated carbocycles. The van der Waals surface area contributed by atoms with Crippen molar-refractivity contribution < 1.29 is 14.7 Å². The lowest BCUT2D eigenvalue weighted by atomic mass is 10.3. The smallest absolute Gasteiger partial charge is 0.322 e. The molecule has 0 aromatic heterocycles. The topological polar surface area (TPSA) is 93.4 Å². The van der Waals surface area contributed by atoms with Gasteiger partial charge in [-0.05, 0) is 0 Å². The van der Waals surface area contributed by atoms with Crippen molar-refractivity contribution in [1.29, 1.82) is 5.26 Å². The number of carbonyl (C=O) groups is 2. The quantitative estimate of drug-likeness (QED) is 0.366. The monoisotopic (exact) mass is 249 g/mol. The maximum atomic E-state index is 11.5. The van der Waals surface area contributed by atoms with Crippen LogP contribution in [0.25, 0.3) is 0 Å². The molecule has 1 amide bonds. The summed E-state index contributed by atoms with van der Waals surface area (Å²) in [4.78, 5) is 23.4. The van der Waals surface area contributed by atoms with Crippen LogP contribution in [0.2, 0.25) is 0 Å². The summed E-state index contributed by atoms with van der Waals surface area (Å²) in [5.41, 5.74) is -0.167. The third-order valence-electron chi connectivity index (χ3n) is 1.80. The standard InChI is InChI=1S/C12H15N3O3/c1-3-5-15(6-4-2)9-10(7-13)12(18)14-8-11(16)17/h3-4,9H,1-2,5-6,8H2,(H,14,18)(H,16,17)/b10-9-. The molecule has 0 unspecified atom stereocenters. The van der Waals surface area contributed by atoms with E-state index < -0.39 is 18.4 Å². The molecule has 0 saturated heterocycles. The van der Waals surface area contributed by atoms with Crippen molar-refractivity contribution >= 4 is 11.9 Å². The summed E-state index contributed by atoms with van der Waals surface area (Å²) in [6.45, 7) is 7.48. The third-order valence-corrected chi connectivity index (χ3v) is 1.80. The van der Waals surface area contributed by atoms with Crippen molar-refractivity contribution in [2.24, 2.45) is 0 Å². The first-order valence-corrected chi connectivity index (χ1v) is 5.12. The summed E-state index contributed by atoms with van der Waals surface area (Å²) >= 11 is 0. The Morgan fingerprint density at radius 2 is 1.89 bits per heavy atom. The predicted octanol–water partition coefficient (Wildman–Crippen LogP) is 0.269. The molecule has 0 aromatic rings. The normalized spacial score (nSPS) is 10.1. The maximum Gasteiger partial charge on any atom is 0.322 e. The van der Waals surface area contributed by atoms with Crippen LogP contribution in [0.5, 0.6) is 0 Å². The number of nitriles is 1. The Balaban J connectivity index is 4.75. The Bertz CT molecular complexity index is 397. The number of nitrogens with one attached hydrogen (secondary N) is 1. The van der Waals surface area contributed by atoms with Crippen LogP contribution in [-0.4, -0.2) is 41.5 Å². The van der Waals surface area contributed by atoms with Crippen LogP contribution in [0.15, 0.2) is 37.1 Å². The Hall–Kier alpha value is -2.55. The van der Waals surface area contributed by atoms with Crippen LogP contribution in [0.3, 0.4) is 0 Å². The molecule has 96 valence electrons. The lowest BCUT2D eigenvalue weighted by Gasteiger charge is -2.16. The fourth-order valence-corrected chi connectivity index (χ4v) is 1.08. The zero-order valence-electron chi connectivity index (χ0n) is 9.93. The van der Waals surface area contributed by atoms with E-state index in [1.54, 1.807) is 23.1 Å². The second-order valence-corrected chi connectivity index (χ2v) is 3.26. The molecule has 0 atom stereocenters. The van der Waals surface area contributed by atoms with Crippen LogP contribution in [0.4, 0.5) is 0 Å². The van der Waals surface area contributed by atoms with Crippen LogP contribution >= 0.6 is 0 Å². The van der Waals surface area contributed by atoms with Gasteiger partial charge in [-0.2, -0.15) is 5.26 Å². The molecule has 6 nitrogen and oxygen atoms in total. The molecule has 0 radical (unpaired) electrons. The van der Waals surface area contributed by atoms with Crippen molar-refractivity contribution in [3.63, 3.8) is 0 Å². The highest BCUT2D eigenvalue weighted by molar-refractivity contribution is 5.98. The average molecular weight is 249 g/mol. The van der Waals surface area contributed by atoms with E-state index in [0.29, 0.717) is 13.1 Å². The summed E-state index contributed by atoms with van der Waals surface area (Å²) in [5, 5.41) is 19.4. The minimum absolute atomic E-state index is 0.167. The zero-order valence-corrected chi connectivity index (χ0v) is 9.93. The van der Waals surface area contributed by atoms with Gasteiger partial charge in [0.15, 0.2) is 0 Å². The van der Waals surface area contributed by atoms with E-state index in [1.807, 2.05) is 0 Å². The average Bonchev–Trinajstić information content (AvgIpc) is 2.33. The zero-order chi connectivity index (χ0) is 14.0. The number of amides is 1. The molecule has 0 bridgehead atoms. The van der Waals surface area contributed by atoms with Crippen molar-refractivity contribution in [2.45, 2.75) is 0 Å². The number of carbonyl (C=O) groups excluding carboxylic acids is 1. The van der Waals surface area contributed by atoms with Crippen molar-refractivity contribution in [1.82, 2.24) is 10.2 Å². The van der Waals surface area contributed by atoms with Gasteiger partial charge in [0.1, 0.15) is 18.2 Å². The van der Waals surface area contributed by atoms with E-state index in [-0.39, 0.29) is 5.57 Å². The van der Waals surface area contributed by atoms with Gasteiger partial charge in [0.25, 0.3) is 5.91 Å². The number of carboxylic acids is 1. The van der Waals surface area contributed by atoms with E-state index in [9.17, 15) is 9.59 Å². The summed E-state index contributed by atoms with van der Waals surface area (Å²) in [6.07, 6.45) is 4.58. The first kappa shape index (κ1) is 15.4. The largest absolute Gasteiger partial charge is 0.480 e. The first-order valence-electron chi connectivity index (χ1n) is 5.12. The summed E-state index contributed by atoms with van der Waals surface area (Å²) in [5.74, 6) is -1.90. The van der Waals surface area contributed by atoms with Crippen LogP contribution < -0.4 is 5.32 Å². The molecule has 6 heteroatoms. The maximum absolute atomic E-state index is 11.5. The number of aliphatic carboxylic acids is 1. The fourth-order valence-electron chi connectivity index (χ4n) is 1.08. The second kappa shape index (κ2) is 8.58. The highest BCUT2D eigenvalue weighted by Gasteiger charge is 2.11. The SMILES string of the molecule is C=CCN(/C=C(/C#N)C(=O)NCC(=O)O)CC=C. The third kappa shape index (κ3) is 6.12. The van der Waals surface area contributed by atoms with Gasteiger partial charge >= 0.3 is 5.97 Å². The molecule has 2 N–H and O–H groups in total. The molecule has 0 fully saturated rings. The highest BCUT2D eigenvalue weighted by atomic mass is 16.4. The molecule has 18 heavy (non-hydrogen) atoms. The predicted molar refractivity (Wildman–Crippen MR) is 66.3 cm³/mol. The molecular formula is C12H15N3O3. The Morgan fingerprint density at radius 3 is 2.28 bits per heavy atom. The molecule has 0 rings (SSSR count). The van der Waals surface area contributed by atoms with E-state index >= 15 is 0 Å². The van der Waals surface area contributed by atoms with Gasteiger partial charge in [-0.1, -0.05) is 12.2 Å². The van der Waals surface area contributed by atoms with Gasteiger partial charge in [0.05, 0.1) is 0 Å². The molecule has 0 aliphatic rings. The minimum atomic E-state index is -1.17. The van der Waals surface area contributed by atoms with Gasteiger partial charge in [0, 0.05) is 19.3 Å². The van der Waals surface area contributed by atoms with Gasteiger partial charge in [0.2, 0.25) is 0 Å². The number of hydrogen-bond donors (Lipinski definition) is 2. The van der Waals surface area contributed by atoms with Crippen LogP contribution in [-0.2, 0) is 9.59 Å². The van der Waals surface area contributed by atoms with E-state index in [4.69, 9.17) is 10.4 Å². The summed E-state index contributed by atoms with van der Waals surface area (Å²) in [7, 11) is 0. The first-order chi connectivity index (χ1) is 8.54. The minimum Gasteiger partial charge on any atom is -0.480 e. The number of nitrogens with zero attached hydrogens (tertiary/aromatic N) is 2. The molecule has 0 aliphatic carbocycles. The van der Waals surface area contributed by atoms with Crippen molar-refractivity contribution in [3.8, 4) is 6.07 Å². The van der Waals surface area contributed by atoms with Crippen molar-refractivity contribution in [2.75, 3.05) is 19.6 Å². The number of carboxylic acid groups (broad SMARTS) is 1. The molecule has 0 aliphatic heterocycles. The summed E-state index contributed by atoms with van der Waals surface area (Å²) < 4.78 is 0. The molecule has 0 spiro atoms. The van der Waals surface area contributed by atoms with E-state index in [0.717, 1.165) is 0 Å². The number of rotatable bonds is 8.